The molecule has 0 aliphatic carbocycles. The molecule has 0 saturated carbocycles. The molecule has 0 saturated heterocycles. The van der Waals surface area contributed by atoms with Gasteiger partial charge in [0.2, 0.25) is 17.2 Å². The Kier molecular flexibility index (Phi) is 20.8. The molecule has 0 aliphatic rings. The number of anilines is 4. The van der Waals surface area contributed by atoms with Gasteiger partial charge in [-0.3, -0.25) is 25.1 Å². The van der Waals surface area contributed by atoms with Crippen LogP contribution in [0.15, 0.2) is 135 Å². The van der Waals surface area contributed by atoms with Crippen molar-refractivity contribution in [1.82, 2.24) is 15.0 Å². The van der Waals surface area contributed by atoms with Crippen molar-refractivity contribution in [3.8, 4) is 11.5 Å². The Balaban J connectivity index is 1.34. The molecule has 7 aromatic rings. The highest BCUT2D eigenvalue weighted by Crippen LogP contribution is 2.48. The second-order valence-corrected chi connectivity index (χ2v) is 31.2. The first kappa shape index (κ1) is 69.3. The molecule has 0 radical (unpaired) electrons. The summed E-state index contributed by atoms with van der Waals surface area (Å²) < 4.78 is 241. The molecule has 4 N–H and O–H groups in total. The summed E-state index contributed by atoms with van der Waals surface area (Å²) in [6.07, 6.45) is 0. The Morgan fingerprint density at radius 1 is 0.427 bits per heavy atom. The molecule has 0 spiro atoms. The quantitative estimate of drug-likeness (QED) is 0.0358. The molecule has 89 heavy (non-hydrogen) atoms. The maximum atomic E-state index is 13.5. The number of hydrogen-bond acceptors (Lipinski definition) is 35. The number of aromatic nitrogens is 3. The van der Waals surface area contributed by atoms with Gasteiger partial charge in [-0.2, -0.15) is 75.7 Å². The minimum Gasteiger partial charge on any atom is -0.505 e. The first-order chi connectivity index (χ1) is 41.5. The maximum absolute atomic E-state index is 13.5. The molecule has 0 aliphatic heterocycles. The lowest BCUT2D eigenvalue weighted by molar-refractivity contribution is 0.254. The van der Waals surface area contributed by atoms with Gasteiger partial charge in [-0.25, -0.2) is 25.2 Å². The summed E-state index contributed by atoms with van der Waals surface area (Å²) in [5.74, 6) is -4.98. The Morgan fingerprint density at radius 3 is 1.08 bits per heavy atom. The van der Waals surface area contributed by atoms with E-state index in [0.717, 1.165) is 128 Å². The van der Waals surface area contributed by atoms with E-state index in [9.17, 15) is 77.6 Å². The largest absolute Gasteiger partial charge is 0.505 e. The molecule has 0 unspecified atom stereocenters. The number of fused-ring (bicyclic) bond motifs is 2. The summed E-state index contributed by atoms with van der Waals surface area (Å²) in [7, 11) is -31.8. The van der Waals surface area contributed by atoms with Gasteiger partial charge < -0.3 is 20.8 Å². The van der Waals surface area contributed by atoms with Crippen molar-refractivity contribution in [2.75, 3.05) is 78.0 Å². The van der Waals surface area contributed by atoms with Crippen molar-refractivity contribution < 1.29 is 111 Å². The lowest BCUT2D eigenvalue weighted by atomic mass is 10.1. The van der Waals surface area contributed by atoms with Crippen LogP contribution in [0.5, 0.6) is 11.5 Å². The highest BCUT2D eigenvalue weighted by molar-refractivity contribution is 7.92. The highest BCUT2D eigenvalue weighted by Gasteiger charge is 2.31. The number of rotatable bonds is 28. The number of hydrogen-bond donors (Lipinski definition) is 4. The van der Waals surface area contributed by atoms with Crippen molar-refractivity contribution >= 4 is 160 Å². The van der Waals surface area contributed by atoms with Gasteiger partial charge in [-0.1, -0.05) is 0 Å². The first-order valence-corrected chi connectivity index (χ1v) is 35.7. The number of nitrogens with zero attached hydrogens (tertiary/aromatic N) is 7. The topological polar surface area (TPSA) is 500 Å². The van der Waals surface area contributed by atoms with E-state index in [0.29, 0.717) is 0 Å². The normalized spacial score (nSPS) is 13.2. The second-order valence-electron chi connectivity index (χ2n) is 17.1. The monoisotopic (exact) mass is 1420 g/mol. The average Bonchev–Trinajstić information content (AvgIpc) is 0.827. The van der Waals surface area contributed by atoms with Gasteiger partial charge in [0.15, 0.2) is 31.2 Å². The molecule has 1 aromatic heterocycles. The Morgan fingerprint density at radius 2 is 0.764 bits per heavy atom. The number of phenolic OH excluding ortho intramolecular Hbond substituents is 2. The molecule has 0 fully saturated rings. The SMILES string of the molecule is COS(=O)(=O)OCCS(=O)(=O)c1ccc(N=Nc2c(S(=O)(=O)OC)cc3cc(S(=O)(=O)OC)cc(Nc4nc(Cl)nc(Nc5cc(S(=O)(=O)OC)cc6cc(S(=O)(=O)OC)c(N=Nc7ccc(S(=O)(=O)CCOS(=O)(=O)OC)cc7)c(O)c56)n4)c3c2O)cc1. The fraction of sp³-hybridized carbons (Fsp3) is 0.222. The fourth-order valence-electron chi connectivity index (χ4n) is 7.53. The zero-order valence-electron chi connectivity index (χ0n) is 45.9. The summed E-state index contributed by atoms with van der Waals surface area (Å²) in [6.45, 7) is -1.62. The summed E-state index contributed by atoms with van der Waals surface area (Å²) in [6, 6.07) is 13.8. The van der Waals surface area contributed by atoms with Crippen molar-refractivity contribution in [2.45, 2.75) is 29.4 Å². The van der Waals surface area contributed by atoms with Crippen LogP contribution in [0.2, 0.25) is 5.28 Å². The number of sulfone groups is 2. The second kappa shape index (κ2) is 26.7. The number of halogens is 1. The van der Waals surface area contributed by atoms with Gasteiger partial charge in [0.1, 0.15) is 21.2 Å². The van der Waals surface area contributed by atoms with Gasteiger partial charge in [0.05, 0.1) is 110 Å². The Bertz CT molecular complexity index is 4660. The van der Waals surface area contributed by atoms with E-state index < -0.39 is 187 Å². The third kappa shape index (κ3) is 16.1. The van der Waals surface area contributed by atoms with Crippen LogP contribution in [0.3, 0.4) is 0 Å². The van der Waals surface area contributed by atoms with E-state index >= 15 is 0 Å². The molecular formula is C45H44ClN9O26S8. The smallest absolute Gasteiger partial charge is 0.399 e. The summed E-state index contributed by atoms with van der Waals surface area (Å²) >= 11 is 6.40. The van der Waals surface area contributed by atoms with Crippen LogP contribution in [0, 0.1) is 0 Å². The Hall–Kier alpha value is -7.18. The predicted octanol–water partition coefficient (Wildman–Crippen LogP) is 5.26. The molecule has 44 heteroatoms. The third-order valence-corrected chi connectivity index (χ3v) is 22.2. The van der Waals surface area contributed by atoms with E-state index in [-0.39, 0.29) is 31.9 Å². The number of azo groups is 2. The summed E-state index contributed by atoms with van der Waals surface area (Å²) in [5, 5.41) is 42.8. The van der Waals surface area contributed by atoms with E-state index in [1.165, 1.54) is 0 Å². The molecule has 480 valence electrons. The van der Waals surface area contributed by atoms with E-state index in [4.69, 9.17) is 28.3 Å². The standard InChI is InChI=1S/C45H44ClN9O26S8/c1-74-84(62,63)31-19-25-21-35(86(66,67)76-3)39(54-52-27-7-11-29(12-8-27)82(58,59)17-15-80-88(70,71)78-5)41(56)37(25)33(23-31)47-44-49-43(46)50-45(51-44)48-34-24-32(85(64,65)75-2)20-26-22-36(87(68,69)77-4)40(42(57)38(26)34)55-53-28-9-13-30(14-10-28)83(60,61)18-16-81-89(72,73)79-6/h7-14,19-24,56-57H,15-18H2,1-6H3,(H2,47,48,49,50,51). The van der Waals surface area contributed by atoms with Crippen molar-refractivity contribution in [1.29, 1.82) is 0 Å². The van der Waals surface area contributed by atoms with Crippen molar-refractivity contribution in [3.63, 3.8) is 0 Å². The molecule has 0 atom stereocenters. The lowest BCUT2D eigenvalue weighted by Crippen LogP contribution is -2.16. The van der Waals surface area contributed by atoms with Crippen LogP contribution >= 0.6 is 11.6 Å². The van der Waals surface area contributed by atoms with Gasteiger partial charge in [-0.05, 0) is 107 Å². The van der Waals surface area contributed by atoms with E-state index in [1.54, 1.807) is 0 Å². The van der Waals surface area contributed by atoms with Crippen LogP contribution in [0.1, 0.15) is 0 Å². The predicted molar refractivity (Wildman–Crippen MR) is 309 cm³/mol. The van der Waals surface area contributed by atoms with Crippen LogP contribution in [-0.2, 0) is 114 Å². The molecule has 6 aromatic carbocycles. The zero-order chi connectivity index (χ0) is 65.9. The zero-order valence-corrected chi connectivity index (χ0v) is 53.2. The number of benzene rings is 6. The van der Waals surface area contributed by atoms with E-state index in [1.807, 2.05) is 0 Å². The summed E-state index contributed by atoms with van der Waals surface area (Å²) in [4.78, 5) is 8.40. The molecule has 1 heterocycles. The Labute approximate surface area is 512 Å². The molecule has 0 bridgehead atoms. The fourth-order valence-corrected chi connectivity index (χ4v) is 14.0. The van der Waals surface area contributed by atoms with Crippen LogP contribution in [-0.4, -0.2) is 160 Å². The molecule has 7 rings (SSSR count). The van der Waals surface area contributed by atoms with Gasteiger partial charge in [-0.15, -0.1) is 10.2 Å². The van der Waals surface area contributed by atoms with E-state index in [2.05, 4.69) is 62.8 Å². The first-order valence-electron chi connectivity index (χ1n) is 23.7. The summed E-state index contributed by atoms with van der Waals surface area (Å²) in [5.41, 5.74) is -2.95. The average molecular weight is 1420 g/mol. The minimum atomic E-state index is -4.90. The highest BCUT2D eigenvalue weighted by atomic mass is 35.5. The van der Waals surface area contributed by atoms with Gasteiger partial charge in [0, 0.05) is 10.8 Å². The molecule has 35 nitrogen and oxygen atoms in total. The minimum absolute atomic E-state index is 0.153. The van der Waals surface area contributed by atoms with Gasteiger partial charge >= 0.3 is 20.8 Å². The third-order valence-electron chi connectivity index (χ3n) is 11.8. The van der Waals surface area contributed by atoms with Crippen LogP contribution in [0.4, 0.5) is 46.0 Å². The van der Waals surface area contributed by atoms with Crippen molar-refractivity contribution in [3.05, 3.63) is 90.2 Å². The number of phenols is 2. The number of aromatic hydroxyl groups is 2. The van der Waals surface area contributed by atoms with Crippen LogP contribution in [0.25, 0.3) is 21.5 Å². The van der Waals surface area contributed by atoms with Crippen molar-refractivity contribution in [2.24, 2.45) is 20.5 Å². The molecule has 0 amide bonds. The van der Waals surface area contributed by atoms with Gasteiger partial charge in [0.25, 0.3) is 40.5 Å². The van der Waals surface area contributed by atoms with Crippen LogP contribution < -0.4 is 10.6 Å². The lowest BCUT2D eigenvalue weighted by Gasteiger charge is -2.17. The molecular weight excluding hydrogens is 1370 g/mol. The maximum Gasteiger partial charge on any atom is 0.399 e. The number of nitrogens with one attached hydrogen (secondary N) is 2.